The SMILES string of the molecule is O=[N+]([O-])c1ccccc1CN(Cn1ncn(-c2ccccc2)c1=S)CC(F)(F)F. The molecular formula is C18H16F3N5O2S. The van der Waals surface area contributed by atoms with Crippen molar-refractivity contribution in [2.75, 3.05) is 6.54 Å². The summed E-state index contributed by atoms with van der Waals surface area (Å²) in [4.78, 5) is 11.6. The van der Waals surface area contributed by atoms with E-state index in [4.69, 9.17) is 12.2 Å². The molecule has 0 fully saturated rings. The molecule has 2 aromatic carbocycles. The van der Waals surface area contributed by atoms with Gasteiger partial charge in [0.1, 0.15) is 6.33 Å². The number of halogens is 3. The molecule has 1 aromatic heterocycles. The highest BCUT2D eigenvalue weighted by Crippen LogP contribution is 2.23. The molecule has 0 saturated carbocycles. The van der Waals surface area contributed by atoms with Crippen molar-refractivity contribution in [1.82, 2.24) is 19.2 Å². The van der Waals surface area contributed by atoms with Crippen molar-refractivity contribution < 1.29 is 18.1 Å². The van der Waals surface area contributed by atoms with E-state index < -0.39 is 17.6 Å². The summed E-state index contributed by atoms with van der Waals surface area (Å²) in [6.07, 6.45) is -3.07. The first-order chi connectivity index (χ1) is 13.7. The molecule has 152 valence electrons. The van der Waals surface area contributed by atoms with Crippen LogP contribution < -0.4 is 0 Å². The molecule has 0 aliphatic rings. The van der Waals surface area contributed by atoms with E-state index in [1.165, 1.54) is 29.2 Å². The molecule has 0 amide bonds. The minimum absolute atomic E-state index is 0.177. The highest BCUT2D eigenvalue weighted by molar-refractivity contribution is 7.71. The van der Waals surface area contributed by atoms with Gasteiger partial charge in [-0.1, -0.05) is 36.4 Å². The average Bonchev–Trinajstić information content (AvgIpc) is 3.02. The van der Waals surface area contributed by atoms with Gasteiger partial charge in [0.2, 0.25) is 4.77 Å². The van der Waals surface area contributed by atoms with Crippen LogP contribution in [0.1, 0.15) is 5.56 Å². The maximum atomic E-state index is 13.1. The number of benzene rings is 2. The van der Waals surface area contributed by atoms with Crippen LogP contribution in [0.25, 0.3) is 5.69 Å². The highest BCUT2D eigenvalue weighted by atomic mass is 32.1. The Balaban J connectivity index is 1.89. The molecule has 11 heteroatoms. The quantitative estimate of drug-likeness (QED) is 0.321. The lowest BCUT2D eigenvalue weighted by Gasteiger charge is -2.23. The van der Waals surface area contributed by atoms with E-state index in [1.807, 2.05) is 6.07 Å². The average molecular weight is 423 g/mol. The molecule has 3 rings (SSSR count). The number of nitro groups is 1. The smallest absolute Gasteiger partial charge is 0.275 e. The van der Waals surface area contributed by atoms with Gasteiger partial charge in [0, 0.05) is 23.9 Å². The van der Waals surface area contributed by atoms with Crippen LogP contribution in [0.4, 0.5) is 18.9 Å². The standard InChI is InChI=1S/C18H16F3N5O2S/c19-18(20,21)11-23(10-14-6-4-5-9-16(14)26(27)28)13-25-17(29)24(12-22-25)15-7-2-1-3-8-15/h1-9,12H,10-11,13H2. The van der Waals surface area contributed by atoms with Gasteiger partial charge in [0.15, 0.2) is 0 Å². The summed E-state index contributed by atoms with van der Waals surface area (Å²) >= 11 is 5.35. The van der Waals surface area contributed by atoms with Crippen molar-refractivity contribution in [2.45, 2.75) is 19.4 Å². The van der Waals surface area contributed by atoms with Crippen molar-refractivity contribution >= 4 is 17.9 Å². The fraction of sp³-hybridized carbons (Fsp3) is 0.222. The van der Waals surface area contributed by atoms with Crippen LogP contribution in [0, 0.1) is 14.9 Å². The van der Waals surface area contributed by atoms with Crippen LogP contribution in [-0.4, -0.2) is 36.9 Å². The number of para-hydroxylation sites is 2. The molecule has 0 spiro atoms. The van der Waals surface area contributed by atoms with Gasteiger partial charge in [-0.3, -0.25) is 19.6 Å². The number of nitrogens with zero attached hydrogens (tertiary/aromatic N) is 5. The molecule has 0 unspecified atom stereocenters. The summed E-state index contributed by atoms with van der Waals surface area (Å²) in [7, 11) is 0. The van der Waals surface area contributed by atoms with Crippen molar-refractivity contribution in [2.24, 2.45) is 0 Å². The monoisotopic (exact) mass is 423 g/mol. The predicted octanol–water partition coefficient (Wildman–Crippen LogP) is 4.33. The molecule has 0 aliphatic heterocycles. The molecule has 0 bridgehead atoms. The molecular weight excluding hydrogens is 407 g/mol. The largest absolute Gasteiger partial charge is 0.401 e. The summed E-state index contributed by atoms with van der Waals surface area (Å²) in [5, 5.41) is 15.3. The molecule has 0 radical (unpaired) electrons. The first-order valence-corrected chi connectivity index (χ1v) is 8.87. The molecule has 0 N–H and O–H groups in total. The number of aromatic nitrogens is 3. The van der Waals surface area contributed by atoms with Crippen LogP contribution in [0.3, 0.4) is 0 Å². The molecule has 0 saturated heterocycles. The van der Waals surface area contributed by atoms with Gasteiger partial charge in [-0.2, -0.15) is 18.3 Å². The second kappa shape index (κ2) is 8.53. The fourth-order valence-electron chi connectivity index (χ4n) is 2.86. The van der Waals surface area contributed by atoms with E-state index in [0.29, 0.717) is 0 Å². The third-order valence-corrected chi connectivity index (χ3v) is 4.49. The van der Waals surface area contributed by atoms with E-state index in [9.17, 15) is 23.3 Å². The summed E-state index contributed by atoms with van der Waals surface area (Å²) in [6, 6.07) is 14.7. The van der Waals surface area contributed by atoms with Gasteiger partial charge in [-0.05, 0) is 24.4 Å². The van der Waals surface area contributed by atoms with Crippen LogP contribution in [0.2, 0.25) is 0 Å². The van der Waals surface area contributed by atoms with Crippen molar-refractivity contribution in [3.05, 3.63) is 81.4 Å². The number of hydrogen-bond acceptors (Lipinski definition) is 5. The summed E-state index contributed by atoms with van der Waals surface area (Å²) in [5.41, 5.74) is 0.665. The van der Waals surface area contributed by atoms with Crippen molar-refractivity contribution in [3.8, 4) is 5.69 Å². The first-order valence-electron chi connectivity index (χ1n) is 8.46. The Morgan fingerprint density at radius 2 is 1.76 bits per heavy atom. The zero-order valence-corrected chi connectivity index (χ0v) is 15.8. The third kappa shape index (κ3) is 5.27. The number of hydrogen-bond donors (Lipinski definition) is 0. The van der Waals surface area contributed by atoms with Gasteiger partial charge in [0.25, 0.3) is 5.69 Å². The topological polar surface area (TPSA) is 69.1 Å². The minimum Gasteiger partial charge on any atom is -0.275 e. The normalized spacial score (nSPS) is 11.7. The summed E-state index contributed by atoms with van der Waals surface area (Å²) < 4.78 is 42.4. The van der Waals surface area contributed by atoms with Crippen molar-refractivity contribution in [3.63, 3.8) is 0 Å². The zero-order valence-electron chi connectivity index (χ0n) is 15.0. The molecule has 3 aromatic rings. The molecule has 1 heterocycles. The van der Waals surface area contributed by atoms with Gasteiger partial charge < -0.3 is 0 Å². The van der Waals surface area contributed by atoms with Crippen LogP contribution in [0.15, 0.2) is 60.9 Å². The van der Waals surface area contributed by atoms with E-state index >= 15 is 0 Å². The summed E-state index contributed by atoms with van der Waals surface area (Å²) in [5.74, 6) is 0. The van der Waals surface area contributed by atoms with Gasteiger partial charge >= 0.3 is 6.18 Å². The Bertz CT molecular complexity index is 1050. The van der Waals surface area contributed by atoms with E-state index in [0.717, 1.165) is 10.6 Å². The Kier molecular flexibility index (Phi) is 6.09. The number of alkyl halides is 3. The van der Waals surface area contributed by atoms with Crippen LogP contribution in [0.5, 0.6) is 0 Å². The number of rotatable bonds is 7. The Labute approximate surface area is 168 Å². The summed E-state index contributed by atoms with van der Waals surface area (Å²) in [6.45, 7) is -1.82. The lowest BCUT2D eigenvalue weighted by Crippen LogP contribution is -2.35. The first kappa shape index (κ1) is 20.7. The molecule has 7 nitrogen and oxygen atoms in total. The Hall–Kier alpha value is -3.05. The second-order valence-electron chi connectivity index (χ2n) is 6.25. The van der Waals surface area contributed by atoms with Gasteiger partial charge in [0.05, 0.1) is 18.1 Å². The maximum absolute atomic E-state index is 13.1. The van der Waals surface area contributed by atoms with Crippen LogP contribution >= 0.6 is 12.2 Å². The van der Waals surface area contributed by atoms with E-state index in [2.05, 4.69) is 5.10 Å². The van der Waals surface area contributed by atoms with E-state index in [1.54, 1.807) is 34.9 Å². The molecule has 0 aliphatic carbocycles. The number of nitro benzene ring substituents is 1. The predicted molar refractivity (Wildman–Crippen MR) is 102 cm³/mol. The molecule has 29 heavy (non-hydrogen) atoms. The van der Waals surface area contributed by atoms with Crippen molar-refractivity contribution in [1.29, 1.82) is 0 Å². The van der Waals surface area contributed by atoms with Gasteiger partial charge in [-0.15, -0.1) is 0 Å². The highest BCUT2D eigenvalue weighted by Gasteiger charge is 2.32. The lowest BCUT2D eigenvalue weighted by atomic mass is 10.1. The third-order valence-electron chi connectivity index (χ3n) is 4.09. The van der Waals surface area contributed by atoms with Crippen LogP contribution in [-0.2, 0) is 13.2 Å². The molecule has 0 atom stereocenters. The fourth-order valence-corrected chi connectivity index (χ4v) is 3.12. The maximum Gasteiger partial charge on any atom is 0.401 e. The Morgan fingerprint density at radius 1 is 1.10 bits per heavy atom. The van der Waals surface area contributed by atoms with Gasteiger partial charge in [-0.25, -0.2) is 4.68 Å². The lowest BCUT2D eigenvalue weighted by molar-refractivity contribution is -0.385. The second-order valence-corrected chi connectivity index (χ2v) is 6.61. The van der Waals surface area contributed by atoms with E-state index in [-0.39, 0.29) is 29.2 Å². The minimum atomic E-state index is -4.49. The zero-order chi connectivity index (χ0) is 21.0. The Morgan fingerprint density at radius 3 is 2.41 bits per heavy atom.